The van der Waals surface area contributed by atoms with Crippen LogP contribution in [0.3, 0.4) is 0 Å². The minimum Gasteiger partial charge on any atom is -0.481 e. The van der Waals surface area contributed by atoms with Crippen LogP contribution in [0.1, 0.15) is 57.1 Å². The van der Waals surface area contributed by atoms with Gasteiger partial charge in [0.25, 0.3) is 0 Å². The number of anilines is 1. The lowest BCUT2D eigenvalue weighted by Gasteiger charge is -2.26. The summed E-state index contributed by atoms with van der Waals surface area (Å²) in [5.41, 5.74) is 3.15. The minimum atomic E-state index is -0.890. The molecule has 0 bridgehead atoms. The number of carbonyl (C=O) groups is 2. The number of carboxylic acid groups (broad SMARTS) is 1. The smallest absolute Gasteiger partial charge is 0.308 e. The molecule has 1 fully saturated rings. The van der Waals surface area contributed by atoms with Crippen molar-refractivity contribution in [1.29, 1.82) is 0 Å². The zero-order chi connectivity index (χ0) is 15.7. The van der Waals surface area contributed by atoms with E-state index in [0.717, 1.165) is 16.8 Å². The van der Waals surface area contributed by atoms with Crippen molar-refractivity contribution in [3.8, 4) is 0 Å². The molecule has 1 atom stereocenters. The highest BCUT2D eigenvalue weighted by molar-refractivity contribution is 6.00. The molecule has 4 nitrogen and oxygen atoms in total. The van der Waals surface area contributed by atoms with E-state index < -0.39 is 11.9 Å². The summed E-state index contributed by atoms with van der Waals surface area (Å²) in [5.74, 6) is -1.00. The van der Waals surface area contributed by atoms with Gasteiger partial charge in [-0.15, -0.1) is 0 Å². The van der Waals surface area contributed by atoms with Crippen LogP contribution in [-0.4, -0.2) is 23.5 Å². The maximum Gasteiger partial charge on any atom is 0.308 e. The van der Waals surface area contributed by atoms with E-state index in [1.807, 2.05) is 18.2 Å². The first-order valence-corrected chi connectivity index (χ1v) is 7.48. The number of rotatable bonds is 4. The highest BCUT2D eigenvalue weighted by atomic mass is 16.4. The molecular weight excluding hydrogens is 266 g/mol. The number of amides is 1. The zero-order valence-electron chi connectivity index (χ0n) is 13.1. The molecule has 1 aromatic rings. The molecule has 0 radical (unpaired) electrons. The molecular formula is C17H23NO3. The first kappa shape index (κ1) is 15.5. The van der Waals surface area contributed by atoms with Gasteiger partial charge in [0.2, 0.25) is 5.91 Å². The normalized spacial score (nSPS) is 18.9. The van der Waals surface area contributed by atoms with Gasteiger partial charge < -0.3 is 10.0 Å². The number of carbonyl (C=O) groups excluding carboxylic acids is 1. The van der Waals surface area contributed by atoms with Crippen molar-refractivity contribution in [2.75, 3.05) is 11.4 Å². The molecule has 0 aliphatic carbocycles. The zero-order valence-corrected chi connectivity index (χ0v) is 13.1. The number of hydrogen-bond acceptors (Lipinski definition) is 2. The fraction of sp³-hybridized carbons (Fsp3) is 0.529. The van der Waals surface area contributed by atoms with E-state index >= 15 is 0 Å². The maximum absolute atomic E-state index is 12.3. The number of hydrogen-bond donors (Lipinski definition) is 1. The molecule has 1 heterocycles. The second kappa shape index (κ2) is 5.88. The van der Waals surface area contributed by atoms with Crippen molar-refractivity contribution in [2.45, 2.75) is 46.0 Å². The number of nitrogens with zero attached hydrogens (tertiary/aromatic N) is 1. The highest BCUT2D eigenvalue weighted by Gasteiger charge is 2.37. The van der Waals surface area contributed by atoms with E-state index in [1.54, 1.807) is 4.90 Å². The topological polar surface area (TPSA) is 57.6 Å². The lowest BCUT2D eigenvalue weighted by atomic mass is 9.92. The minimum absolute atomic E-state index is 0.0857. The van der Waals surface area contributed by atoms with Crippen LogP contribution in [0.25, 0.3) is 0 Å². The Balaban J connectivity index is 2.51. The SMILES string of the molecule is CC(C)c1cccc(C(C)C)c1N1CC(C(=O)O)CC1=O. The maximum atomic E-state index is 12.3. The molecule has 1 unspecified atom stereocenters. The van der Waals surface area contributed by atoms with Crippen LogP contribution >= 0.6 is 0 Å². The Bertz CT molecular complexity index is 537. The molecule has 0 aromatic heterocycles. The quantitative estimate of drug-likeness (QED) is 0.924. The van der Waals surface area contributed by atoms with Crippen LogP contribution in [0.15, 0.2) is 18.2 Å². The van der Waals surface area contributed by atoms with E-state index in [4.69, 9.17) is 0 Å². The molecule has 2 rings (SSSR count). The first-order chi connectivity index (χ1) is 9.82. The molecule has 1 aliphatic heterocycles. The molecule has 1 aromatic carbocycles. The molecule has 0 saturated carbocycles. The Morgan fingerprint density at radius 2 is 1.71 bits per heavy atom. The van der Waals surface area contributed by atoms with Crippen molar-refractivity contribution in [2.24, 2.45) is 5.92 Å². The fourth-order valence-electron chi connectivity index (χ4n) is 2.91. The van der Waals surface area contributed by atoms with Gasteiger partial charge in [0, 0.05) is 13.0 Å². The van der Waals surface area contributed by atoms with E-state index in [1.165, 1.54) is 0 Å². The molecule has 1 N–H and O–H groups in total. The molecule has 1 saturated heterocycles. The van der Waals surface area contributed by atoms with Crippen molar-refractivity contribution in [1.82, 2.24) is 0 Å². The Morgan fingerprint density at radius 1 is 1.19 bits per heavy atom. The molecule has 4 heteroatoms. The van der Waals surface area contributed by atoms with E-state index in [0.29, 0.717) is 0 Å². The summed E-state index contributed by atoms with van der Waals surface area (Å²) in [6.45, 7) is 8.66. The van der Waals surface area contributed by atoms with Gasteiger partial charge in [-0.05, 0) is 23.0 Å². The van der Waals surface area contributed by atoms with Crippen LogP contribution < -0.4 is 4.90 Å². The van der Waals surface area contributed by atoms with Gasteiger partial charge in [-0.25, -0.2) is 0 Å². The third kappa shape index (κ3) is 2.94. The molecule has 1 amide bonds. The molecule has 0 spiro atoms. The summed E-state index contributed by atoms with van der Waals surface area (Å²) in [6.07, 6.45) is 0.0965. The number of benzene rings is 1. The van der Waals surface area contributed by atoms with Gasteiger partial charge >= 0.3 is 5.97 Å². The number of carboxylic acids is 1. The first-order valence-electron chi connectivity index (χ1n) is 7.48. The molecule has 1 aliphatic rings. The second-order valence-electron chi connectivity index (χ2n) is 6.34. The predicted molar refractivity (Wildman–Crippen MR) is 82.7 cm³/mol. The largest absolute Gasteiger partial charge is 0.481 e. The van der Waals surface area contributed by atoms with Crippen LogP contribution in [0.5, 0.6) is 0 Å². The van der Waals surface area contributed by atoms with Gasteiger partial charge in [0.05, 0.1) is 11.6 Å². The summed E-state index contributed by atoms with van der Waals surface area (Å²) in [4.78, 5) is 25.2. The van der Waals surface area contributed by atoms with Gasteiger partial charge in [-0.1, -0.05) is 45.9 Å². The Hall–Kier alpha value is -1.84. The van der Waals surface area contributed by atoms with E-state index in [-0.39, 0.29) is 30.7 Å². The summed E-state index contributed by atoms with van der Waals surface area (Å²) in [7, 11) is 0. The summed E-state index contributed by atoms with van der Waals surface area (Å²) in [5, 5.41) is 9.17. The lowest BCUT2D eigenvalue weighted by molar-refractivity contribution is -0.141. The number of para-hydroxylation sites is 1. The average molecular weight is 289 g/mol. The lowest BCUT2D eigenvalue weighted by Crippen LogP contribution is -2.28. The highest BCUT2D eigenvalue weighted by Crippen LogP contribution is 2.38. The van der Waals surface area contributed by atoms with E-state index in [9.17, 15) is 14.7 Å². The predicted octanol–water partition coefficient (Wildman–Crippen LogP) is 3.37. The van der Waals surface area contributed by atoms with Crippen LogP contribution in [-0.2, 0) is 9.59 Å². The van der Waals surface area contributed by atoms with Crippen LogP contribution in [0.2, 0.25) is 0 Å². The third-order valence-corrected chi connectivity index (χ3v) is 4.09. The van der Waals surface area contributed by atoms with Gasteiger partial charge in [0.15, 0.2) is 0 Å². The van der Waals surface area contributed by atoms with Crippen LogP contribution in [0.4, 0.5) is 5.69 Å². The summed E-state index contributed by atoms with van der Waals surface area (Å²) < 4.78 is 0. The summed E-state index contributed by atoms with van der Waals surface area (Å²) >= 11 is 0. The van der Waals surface area contributed by atoms with Crippen molar-refractivity contribution in [3.05, 3.63) is 29.3 Å². The van der Waals surface area contributed by atoms with E-state index in [2.05, 4.69) is 27.7 Å². The standard InChI is InChI=1S/C17H23NO3/c1-10(2)13-6-5-7-14(11(3)4)16(13)18-9-12(17(20)21)8-15(18)19/h5-7,10-12H,8-9H2,1-4H3,(H,20,21). The molecule has 21 heavy (non-hydrogen) atoms. The average Bonchev–Trinajstić information content (AvgIpc) is 2.79. The monoisotopic (exact) mass is 289 g/mol. The van der Waals surface area contributed by atoms with Gasteiger partial charge in [-0.2, -0.15) is 0 Å². The number of aliphatic carboxylic acids is 1. The van der Waals surface area contributed by atoms with Crippen LogP contribution in [0, 0.1) is 5.92 Å². The van der Waals surface area contributed by atoms with Crippen molar-refractivity contribution in [3.63, 3.8) is 0 Å². The Labute approximate surface area is 125 Å². The fourth-order valence-corrected chi connectivity index (χ4v) is 2.91. The van der Waals surface area contributed by atoms with Gasteiger partial charge in [0.1, 0.15) is 0 Å². The second-order valence-corrected chi connectivity index (χ2v) is 6.34. The van der Waals surface area contributed by atoms with Crippen molar-refractivity contribution >= 4 is 17.6 Å². The van der Waals surface area contributed by atoms with Crippen molar-refractivity contribution < 1.29 is 14.7 Å². The summed E-state index contributed by atoms with van der Waals surface area (Å²) in [6, 6.07) is 6.09. The van der Waals surface area contributed by atoms with Gasteiger partial charge in [-0.3, -0.25) is 9.59 Å². The Morgan fingerprint density at radius 3 is 2.10 bits per heavy atom. The Kier molecular flexibility index (Phi) is 4.35. The third-order valence-electron chi connectivity index (χ3n) is 4.09. The molecule has 114 valence electrons.